The van der Waals surface area contributed by atoms with E-state index >= 15 is 0 Å². The molecule has 0 atom stereocenters. The van der Waals surface area contributed by atoms with E-state index in [4.69, 9.17) is 9.97 Å². The maximum Gasteiger partial charge on any atom is 0.0957 e. The smallest absolute Gasteiger partial charge is 0.0957 e. The first kappa shape index (κ1) is 23.9. The van der Waals surface area contributed by atoms with Crippen molar-refractivity contribution in [1.82, 2.24) is 19.1 Å². The summed E-state index contributed by atoms with van der Waals surface area (Å²) in [7, 11) is -1.09. The summed E-state index contributed by atoms with van der Waals surface area (Å²) in [5.41, 5.74) is 4.41. The van der Waals surface area contributed by atoms with Gasteiger partial charge in [-0.3, -0.25) is 9.97 Å². The molecular formula is C24H31IrN4Si2-. The molecule has 0 fully saturated rings. The number of hydrogen-bond acceptors (Lipinski definition) is 2. The zero-order valence-corrected chi connectivity index (χ0v) is 24.1. The van der Waals surface area contributed by atoms with Gasteiger partial charge in [-0.05, 0) is 22.8 Å². The average Bonchev–Trinajstić information content (AvgIpc) is 3.24. The molecule has 31 heavy (non-hydrogen) atoms. The molecule has 0 spiro atoms. The van der Waals surface area contributed by atoms with Crippen LogP contribution >= 0.6 is 0 Å². The normalized spacial score (nSPS) is 12.3. The van der Waals surface area contributed by atoms with Gasteiger partial charge in [-0.2, -0.15) is 0 Å². The van der Waals surface area contributed by atoms with E-state index in [9.17, 15) is 0 Å². The van der Waals surface area contributed by atoms with Crippen LogP contribution in [0.15, 0.2) is 42.7 Å². The number of hydrogen-bond donors (Lipinski definition) is 0. The number of aryl methyl sites for hydroxylation is 2. The monoisotopic (exact) mass is 624 g/mol. The van der Waals surface area contributed by atoms with Crippen molar-refractivity contribution in [1.29, 1.82) is 0 Å². The Balaban J connectivity index is 0.00000272. The van der Waals surface area contributed by atoms with Crippen molar-refractivity contribution in [2.24, 2.45) is 7.05 Å². The van der Waals surface area contributed by atoms with Crippen molar-refractivity contribution in [2.45, 2.75) is 46.2 Å². The Labute approximate surface area is 201 Å². The van der Waals surface area contributed by atoms with Crippen molar-refractivity contribution in [2.75, 3.05) is 0 Å². The minimum absolute atomic E-state index is 0. The first-order valence-electron chi connectivity index (χ1n) is 10.5. The quantitative estimate of drug-likeness (QED) is 0.246. The maximum atomic E-state index is 4.77. The van der Waals surface area contributed by atoms with Crippen LogP contribution < -0.4 is 10.4 Å². The van der Waals surface area contributed by atoms with Gasteiger partial charge in [-0.15, -0.1) is 23.8 Å². The Kier molecular flexibility index (Phi) is 6.37. The molecule has 0 saturated carbocycles. The molecule has 2 aromatic heterocycles. The van der Waals surface area contributed by atoms with Crippen molar-refractivity contribution in [3.63, 3.8) is 0 Å². The van der Waals surface area contributed by atoms with Crippen LogP contribution in [-0.4, -0.2) is 35.2 Å². The number of aromatic nitrogens is 4. The standard InChI is InChI=1S/C24H31N4Si2.Ir/c1-17-26-19-16-18(12-13-20(19)27(17)2)24-25-14-15-28(24)23-21(29(3,4)5)10-9-11-22(23)30(6,7)8;/h9-11,13-16H,1-8H3;/q-1;. The van der Waals surface area contributed by atoms with Crippen LogP contribution in [0, 0.1) is 13.0 Å². The largest absolute Gasteiger partial charge is 0.371 e. The topological polar surface area (TPSA) is 35.6 Å². The Hall–Kier alpha value is -1.80. The molecule has 4 nitrogen and oxygen atoms in total. The van der Waals surface area contributed by atoms with E-state index in [-0.39, 0.29) is 20.1 Å². The number of fused-ring (bicyclic) bond motifs is 1. The Bertz CT molecular complexity index is 1210. The molecule has 7 heteroatoms. The molecule has 4 aromatic rings. The van der Waals surface area contributed by atoms with Crippen LogP contribution in [0.5, 0.6) is 0 Å². The van der Waals surface area contributed by atoms with Crippen LogP contribution in [0.2, 0.25) is 39.3 Å². The molecule has 4 rings (SSSR count). The van der Waals surface area contributed by atoms with Gasteiger partial charge in [0.25, 0.3) is 0 Å². The van der Waals surface area contributed by atoms with E-state index < -0.39 is 16.1 Å². The summed E-state index contributed by atoms with van der Waals surface area (Å²) in [6.45, 7) is 16.6. The molecule has 165 valence electrons. The summed E-state index contributed by atoms with van der Waals surface area (Å²) in [5.74, 6) is 1.94. The number of imidazole rings is 2. The number of rotatable bonds is 4. The molecule has 2 heterocycles. The fraction of sp³-hybridized carbons (Fsp3) is 0.333. The zero-order chi connectivity index (χ0) is 21.8. The minimum atomic E-state index is -1.57. The predicted octanol–water partition coefficient (Wildman–Crippen LogP) is 4.62. The molecule has 0 aliphatic rings. The summed E-state index contributed by atoms with van der Waals surface area (Å²) < 4.78 is 4.40. The van der Waals surface area contributed by atoms with Crippen LogP contribution in [0.4, 0.5) is 0 Å². The summed E-state index contributed by atoms with van der Waals surface area (Å²) in [6.07, 6.45) is 4.02. The van der Waals surface area contributed by atoms with Crippen LogP contribution in [0.3, 0.4) is 0 Å². The number of benzene rings is 2. The second-order valence-corrected chi connectivity index (χ2v) is 20.2. The molecule has 0 unspecified atom stereocenters. The minimum Gasteiger partial charge on any atom is -0.371 e. The van der Waals surface area contributed by atoms with Crippen molar-refractivity contribution < 1.29 is 20.1 Å². The first-order valence-corrected chi connectivity index (χ1v) is 17.5. The van der Waals surface area contributed by atoms with Crippen molar-refractivity contribution >= 4 is 37.6 Å². The molecule has 0 amide bonds. The zero-order valence-electron chi connectivity index (χ0n) is 19.7. The van der Waals surface area contributed by atoms with Gasteiger partial charge in [-0.1, -0.05) is 57.5 Å². The van der Waals surface area contributed by atoms with Crippen LogP contribution in [0.25, 0.3) is 28.1 Å². The van der Waals surface area contributed by atoms with Gasteiger partial charge in [0.15, 0.2) is 0 Å². The fourth-order valence-corrected chi connectivity index (χ4v) is 7.33. The van der Waals surface area contributed by atoms with Gasteiger partial charge in [0.2, 0.25) is 0 Å². The molecule has 0 bridgehead atoms. The van der Waals surface area contributed by atoms with E-state index in [1.165, 1.54) is 16.1 Å². The number of para-hydroxylation sites is 1. The molecular weight excluding hydrogens is 593 g/mol. The molecule has 0 aliphatic heterocycles. The van der Waals surface area contributed by atoms with Gasteiger partial charge in [0.05, 0.1) is 27.8 Å². The first-order chi connectivity index (χ1) is 14.0. The predicted molar refractivity (Wildman–Crippen MR) is 133 cm³/mol. The van der Waals surface area contributed by atoms with Gasteiger partial charge >= 0.3 is 0 Å². The molecule has 0 N–H and O–H groups in total. The van der Waals surface area contributed by atoms with Gasteiger partial charge < -0.3 is 9.13 Å². The van der Waals surface area contributed by atoms with Crippen molar-refractivity contribution in [3.8, 4) is 17.1 Å². The van der Waals surface area contributed by atoms with Gasteiger partial charge in [0.1, 0.15) is 0 Å². The van der Waals surface area contributed by atoms with Crippen molar-refractivity contribution in [3.05, 3.63) is 54.6 Å². The van der Waals surface area contributed by atoms with Crippen LogP contribution in [-0.2, 0) is 27.2 Å². The third-order valence-electron chi connectivity index (χ3n) is 5.81. The summed E-state index contributed by atoms with van der Waals surface area (Å²) >= 11 is 0. The second-order valence-electron chi connectivity index (χ2n) is 10.2. The molecule has 0 aliphatic carbocycles. The number of nitrogens with zero attached hydrogens (tertiary/aromatic N) is 4. The summed E-state index contributed by atoms with van der Waals surface area (Å²) in [5, 5.41) is 2.97. The van der Waals surface area contributed by atoms with Crippen LogP contribution in [0.1, 0.15) is 5.82 Å². The Morgan fingerprint density at radius 3 is 2.16 bits per heavy atom. The van der Waals surface area contributed by atoms with Gasteiger partial charge in [-0.25, -0.2) is 0 Å². The van der Waals surface area contributed by atoms with Gasteiger partial charge in [0, 0.05) is 50.8 Å². The van der Waals surface area contributed by atoms with E-state index in [1.807, 2.05) is 26.2 Å². The fourth-order valence-electron chi connectivity index (χ4n) is 4.08. The van der Waals surface area contributed by atoms with E-state index in [0.29, 0.717) is 0 Å². The maximum absolute atomic E-state index is 4.77. The van der Waals surface area contributed by atoms with E-state index in [2.05, 4.69) is 84.9 Å². The SMILES string of the molecule is Cc1nc2cc(-c3nccn3-c3c([Si](C)(C)C)cccc3[Si](C)(C)C)[c-]cc2n1C.[Ir]. The second kappa shape index (κ2) is 8.28. The van der Waals surface area contributed by atoms with E-state index in [0.717, 1.165) is 28.2 Å². The Morgan fingerprint density at radius 1 is 0.968 bits per heavy atom. The molecule has 1 radical (unpaired) electrons. The molecule has 2 aromatic carbocycles. The average molecular weight is 624 g/mol. The summed E-state index contributed by atoms with van der Waals surface area (Å²) in [4.78, 5) is 9.49. The third kappa shape index (κ3) is 4.29. The molecule has 0 saturated heterocycles. The van der Waals surface area contributed by atoms with E-state index in [1.54, 1.807) is 0 Å². The third-order valence-corrected chi connectivity index (χ3v) is 9.85. The summed E-state index contributed by atoms with van der Waals surface area (Å²) in [6, 6.07) is 14.5. The Morgan fingerprint density at radius 2 is 1.58 bits per heavy atom.